The van der Waals surface area contributed by atoms with Gasteiger partial charge in [0.25, 0.3) is 0 Å². The largest absolute Gasteiger partial charge is 0.310 e. The number of benzene rings is 6. The molecular formula is C37H27N3S. The summed E-state index contributed by atoms with van der Waals surface area (Å²) in [4.78, 5) is 7.42. The Morgan fingerprint density at radius 1 is 0.610 bits per heavy atom. The van der Waals surface area contributed by atoms with Gasteiger partial charge in [0.15, 0.2) is 5.82 Å². The number of nitrogens with zero attached hydrogens (tertiary/aromatic N) is 3. The monoisotopic (exact) mass is 545 g/mol. The number of fused-ring (bicyclic) bond motifs is 5. The first-order chi connectivity index (χ1) is 20.1. The lowest BCUT2D eigenvalue weighted by molar-refractivity contribution is 0.632. The number of hydrogen-bond acceptors (Lipinski definition) is 4. The van der Waals surface area contributed by atoms with Crippen molar-refractivity contribution in [2.75, 3.05) is 4.90 Å². The van der Waals surface area contributed by atoms with E-state index in [1.54, 1.807) is 0 Å². The number of rotatable bonds is 3. The lowest BCUT2D eigenvalue weighted by Crippen LogP contribution is -2.30. The fraction of sp³-hybridized carbons (Fsp3) is 0.0811. The Kier molecular flexibility index (Phi) is 5.34. The van der Waals surface area contributed by atoms with E-state index in [1.807, 2.05) is 0 Å². The summed E-state index contributed by atoms with van der Waals surface area (Å²) in [5.74, 6) is 0.775. The van der Waals surface area contributed by atoms with E-state index in [2.05, 4.69) is 146 Å². The first-order valence-corrected chi connectivity index (χ1v) is 14.7. The molecule has 6 aromatic carbocycles. The van der Waals surface area contributed by atoms with Crippen LogP contribution in [0.4, 0.5) is 17.1 Å². The summed E-state index contributed by atoms with van der Waals surface area (Å²) < 4.78 is 4.83. The molecule has 8 rings (SSSR count). The molecule has 4 heteroatoms. The van der Waals surface area contributed by atoms with E-state index >= 15 is 0 Å². The Bertz CT molecular complexity index is 2040. The van der Waals surface area contributed by atoms with Gasteiger partial charge in [-0.2, -0.15) is 4.37 Å². The van der Waals surface area contributed by atoms with E-state index in [-0.39, 0.29) is 5.41 Å². The second-order valence-electron chi connectivity index (χ2n) is 11.2. The maximum Gasteiger partial charge on any atom is 0.174 e. The quantitative estimate of drug-likeness (QED) is 0.207. The van der Waals surface area contributed by atoms with Crippen LogP contribution in [-0.2, 0) is 5.41 Å². The summed E-state index contributed by atoms with van der Waals surface area (Å²) in [6.07, 6.45) is 0. The molecule has 1 aliphatic rings. The van der Waals surface area contributed by atoms with Gasteiger partial charge in [0.2, 0.25) is 0 Å². The molecule has 0 fully saturated rings. The SMILES string of the molecule is CC1(C)c2ccccc2N(c2ccc(-c3nc(-c4cc5ccccc5c5ccccc45)ns3)cc2)c2ccccc21. The van der Waals surface area contributed by atoms with Gasteiger partial charge in [0, 0.05) is 22.2 Å². The normalized spacial score (nSPS) is 13.8. The summed E-state index contributed by atoms with van der Waals surface area (Å²) in [7, 11) is 0. The molecule has 3 nitrogen and oxygen atoms in total. The van der Waals surface area contributed by atoms with Crippen LogP contribution < -0.4 is 4.90 Å². The average molecular weight is 546 g/mol. The van der Waals surface area contributed by atoms with Crippen molar-refractivity contribution in [3.8, 4) is 22.0 Å². The van der Waals surface area contributed by atoms with Crippen molar-refractivity contribution < 1.29 is 0 Å². The highest BCUT2D eigenvalue weighted by Crippen LogP contribution is 2.51. The van der Waals surface area contributed by atoms with Crippen molar-refractivity contribution in [3.63, 3.8) is 0 Å². The molecule has 0 aliphatic carbocycles. The Hall–Kier alpha value is -4.80. The first kappa shape index (κ1) is 24.0. The van der Waals surface area contributed by atoms with Gasteiger partial charge in [-0.15, -0.1) is 0 Å². The zero-order chi connectivity index (χ0) is 27.6. The molecule has 7 aromatic rings. The molecule has 1 aliphatic heterocycles. The van der Waals surface area contributed by atoms with Gasteiger partial charge in [-0.3, -0.25) is 0 Å². The Balaban J connectivity index is 1.19. The molecule has 0 N–H and O–H groups in total. The van der Waals surface area contributed by atoms with Crippen molar-refractivity contribution in [2.24, 2.45) is 0 Å². The van der Waals surface area contributed by atoms with Gasteiger partial charge >= 0.3 is 0 Å². The van der Waals surface area contributed by atoms with Crippen LogP contribution in [0.2, 0.25) is 0 Å². The van der Waals surface area contributed by atoms with E-state index in [0.717, 1.165) is 27.6 Å². The maximum absolute atomic E-state index is 5.03. The van der Waals surface area contributed by atoms with Crippen LogP contribution in [0, 0.1) is 0 Å². The van der Waals surface area contributed by atoms with E-state index in [1.165, 1.54) is 55.6 Å². The van der Waals surface area contributed by atoms with Crippen molar-refractivity contribution in [2.45, 2.75) is 19.3 Å². The Morgan fingerprint density at radius 2 is 1.20 bits per heavy atom. The van der Waals surface area contributed by atoms with Crippen molar-refractivity contribution in [1.82, 2.24) is 9.36 Å². The molecule has 0 saturated heterocycles. The van der Waals surface area contributed by atoms with Gasteiger partial charge in [-0.25, -0.2) is 4.98 Å². The highest BCUT2D eigenvalue weighted by molar-refractivity contribution is 7.09. The second-order valence-corrected chi connectivity index (χ2v) is 11.9. The van der Waals surface area contributed by atoms with E-state index < -0.39 is 0 Å². The molecule has 196 valence electrons. The van der Waals surface area contributed by atoms with Gasteiger partial charge in [-0.05, 0) is 86.7 Å². The van der Waals surface area contributed by atoms with Crippen LogP contribution >= 0.6 is 11.5 Å². The highest BCUT2D eigenvalue weighted by Gasteiger charge is 2.36. The van der Waals surface area contributed by atoms with Crippen molar-refractivity contribution in [3.05, 3.63) is 139 Å². The molecule has 0 amide bonds. The Morgan fingerprint density at radius 3 is 1.90 bits per heavy atom. The molecule has 0 atom stereocenters. The molecule has 0 unspecified atom stereocenters. The van der Waals surface area contributed by atoms with E-state index in [9.17, 15) is 0 Å². The van der Waals surface area contributed by atoms with Crippen molar-refractivity contribution >= 4 is 50.1 Å². The maximum atomic E-state index is 5.03. The minimum absolute atomic E-state index is 0.0699. The predicted octanol–water partition coefficient (Wildman–Crippen LogP) is 10.3. The predicted molar refractivity (Wildman–Crippen MR) is 173 cm³/mol. The van der Waals surface area contributed by atoms with Crippen LogP contribution in [0.3, 0.4) is 0 Å². The first-order valence-electron chi connectivity index (χ1n) is 13.9. The van der Waals surface area contributed by atoms with Gasteiger partial charge < -0.3 is 4.90 Å². The number of anilines is 3. The second kappa shape index (κ2) is 9.12. The fourth-order valence-electron chi connectivity index (χ4n) is 6.39. The zero-order valence-electron chi connectivity index (χ0n) is 22.9. The van der Waals surface area contributed by atoms with Crippen LogP contribution in [-0.4, -0.2) is 9.36 Å². The third-order valence-corrected chi connectivity index (χ3v) is 9.21. The Labute approximate surface area is 243 Å². The summed E-state index contributed by atoms with van der Waals surface area (Å²) in [5, 5.41) is 5.78. The van der Waals surface area contributed by atoms with E-state index in [0.29, 0.717) is 0 Å². The average Bonchev–Trinajstić information content (AvgIpc) is 3.52. The summed E-state index contributed by atoms with van der Waals surface area (Å²) >= 11 is 1.46. The molecule has 2 heterocycles. The van der Waals surface area contributed by atoms with Crippen LogP contribution in [0.25, 0.3) is 43.5 Å². The molecule has 0 bridgehead atoms. The minimum Gasteiger partial charge on any atom is -0.310 e. The third kappa shape index (κ3) is 3.71. The molecule has 0 radical (unpaired) electrons. The lowest BCUT2D eigenvalue weighted by atomic mass is 9.73. The van der Waals surface area contributed by atoms with Gasteiger partial charge in [0.1, 0.15) is 5.01 Å². The molecule has 0 spiro atoms. The minimum atomic E-state index is -0.0699. The molecule has 0 saturated carbocycles. The molecule has 1 aromatic heterocycles. The number of aromatic nitrogens is 2. The lowest BCUT2D eigenvalue weighted by Gasteiger charge is -2.42. The molecule has 41 heavy (non-hydrogen) atoms. The highest BCUT2D eigenvalue weighted by atomic mass is 32.1. The fourth-order valence-corrected chi connectivity index (χ4v) is 7.07. The summed E-state index contributed by atoms with van der Waals surface area (Å²) in [6, 6.07) is 45.5. The standard InChI is InChI=1S/C37H27N3S/c1-37(2)31-15-7-9-17-33(31)40(34-18-10-8-16-32(34)37)26-21-19-24(20-22-26)36-38-35(39-41-36)30-23-25-11-3-4-12-27(25)28-13-5-6-14-29(28)30/h3-23H,1-2H3. The van der Waals surface area contributed by atoms with Crippen LogP contribution in [0.5, 0.6) is 0 Å². The zero-order valence-corrected chi connectivity index (χ0v) is 23.7. The van der Waals surface area contributed by atoms with Gasteiger partial charge in [0.05, 0.1) is 11.4 Å². The van der Waals surface area contributed by atoms with Crippen LogP contribution in [0.1, 0.15) is 25.0 Å². The number of hydrogen-bond donors (Lipinski definition) is 0. The van der Waals surface area contributed by atoms with Crippen molar-refractivity contribution in [1.29, 1.82) is 0 Å². The van der Waals surface area contributed by atoms with Crippen LogP contribution in [0.15, 0.2) is 127 Å². The smallest absolute Gasteiger partial charge is 0.174 e. The molecular weight excluding hydrogens is 518 g/mol. The summed E-state index contributed by atoms with van der Waals surface area (Å²) in [6.45, 7) is 4.63. The van der Waals surface area contributed by atoms with Gasteiger partial charge in [-0.1, -0.05) is 98.8 Å². The van der Waals surface area contributed by atoms with E-state index in [4.69, 9.17) is 9.36 Å². The topological polar surface area (TPSA) is 29.0 Å². The third-order valence-electron chi connectivity index (χ3n) is 8.44. The number of para-hydroxylation sites is 2. The summed E-state index contributed by atoms with van der Waals surface area (Å²) in [5.41, 5.74) is 8.33.